The molecule has 0 aliphatic heterocycles. The van der Waals surface area contributed by atoms with Crippen LogP contribution in [0.4, 0.5) is 0 Å². The average molecular weight is 296 g/mol. The molecule has 0 fully saturated rings. The van der Waals surface area contributed by atoms with Crippen LogP contribution in [0.1, 0.15) is 12.5 Å². The smallest absolute Gasteiger partial charge is 0.324 e. The van der Waals surface area contributed by atoms with Crippen LogP contribution in [-0.2, 0) is 6.61 Å². The second-order valence-electron chi connectivity index (χ2n) is 3.74. The molecule has 0 bridgehead atoms. The van der Waals surface area contributed by atoms with Crippen molar-refractivity contribution in [3.05, 3.63) is 35.1 Å². The highest BCUT2D eigenvalue weighted by atomic mass is 35.5. The Balaban J connectivity index is 2.06. The van der Waals surface area contributed by atoms with Crippen molar-refractivity contribution >= 4 is 11.6 Å². The van der Waals surface area contributed by atoms with Gasteiger partial charge in [0.15, 0.2) is 0 Å². The molecule has 0 amide bonds. The van der Waals surface area contributed by atoms with Crippen LogP contribution in [0.5, 0.6) is 17.8 Å². The molecule has 1 aromatic carbocycles. The normalized spacial score (nSPS) is 10.2. The van der Waals surface area contributed by atoms with Gasteiger partial charge in [-0.25, -0.2) is 0 Å². The summed E-state index contributed by atoms with van der Waals surface area (Å²) in [5, 5.41) is 0.0316. The van der Waals surface area contributed by atoms with Gasteiger partial charge >= 0.3 is 12.0 Å². The maximum atomic E-state index is 5.77. The summed E-state index contributed by atoms with van der Waals surface area (Å²) in [6.07, 6.45) is 0. The van der Waals surface area contributed by atoms with E-state index in [0.29, 0.717) is 13.2 Å². The first-order valence-corrected chi connectivity index (χ1v) is 6.39. The van der Waals surface area contributed by atoms with E-state index in [2.05, 4.69) is 15.0 Å². The van der Waals surface area contributed by atoms with E-state index in [9.17, 15) is 0 Å². The van der Waals surface area contributed by atoms with Crippen molar-refractivity contribution in [1.82, 2.24) is 15.0 Å². The third-order valence-corrected chi connectivity index (χ3v) is 2.51. The van der Waals surface area contributed by atoms with Crippen LogP contribution in [0.15, 0.2) is 24.3 Å². The molecule has 0 saturated heterocycles. The zero-order valence-corrected chi connectivity index (χ0v) is 11.9. The van der Waals surface area contributed by atoms with Gasteiger partial charge in [-0.15, -0.1) is 4.98 Å². The first-order chi connectivity index (χ1) is 9.71. The van der Waals surface area contributed by atoms with Crippen LogP contribution < -0.4 is 14.2 Å². The summed E-state index contributed by atoms with van der Waals surface area (Å²) in [7, 11) is 1.61. The predicted octanol–water partition coefficient (Wildman–Crippen LogP) is 2.51. The van der Waals surface area contributed by atoms with Crippen LogP contribution in [0, 0.1) is 0 Å². The third kappa shape index (κ3) is 3.96. The Kier molecular flexibility index (Phi) is 4.95. The highest BCUT2D eigenvalue weighted by Gasteiger charge is 2.07. The molecule has 2 rings (SSSR count). The van der Waals surface area contributed by atoms with Gasteiger partial charge in [-0.3, -0.25) is 0 Å². The number of halogens is 1. The third-order valence-electron chi connectivity index (χ3n) is 2.34. The van der Waals surface area contributed by atoms with Gasteiger partial charge in [0, 0.05) is 0 Å². The Bertz CT molecular complexity index is 581. The van der Waals surface area contributed by atoms with Crippen molar-refractivity contribution in [2.75, 3.05) is 13.7 Å². The minimum absolute atomic E-state index is 0.0316. The van der Waals surface area contributed by atoms with Crippen molar-refractivity contribution in [3.63, 3.8) is 0 Å². The molecule has 20 heavy (non-hydrogen) atoms. The molecule has 106 valence electrons. The topological polar surface area (TPSA) is 66.4 Å². The van der Waals surface area contributed by atoms with Gasteiger partial charge in [-0.2, -0.15) is 9.97 Å². The molecule has 0 N–H and O–H groups in total. The van der Waals surface area contributed by atoms with Crippen LogP contribution >= 0.6 is 11.6 Å². The molecule has 1 aromatic heterocycles. The van der Waals surface area contributed by atoms with Crippen molar-refractivity contribution in [3.8, 4) is 17.8 Å². The van der Waals surface area contributed by atoms with Crippen molar-refractivity contribution in [2.45, 2.75) is 13.5 Å². The van der Waals surface area contributed by atoms with E-state index in [0.717, 1.165) is 11.3 Å². The number of rotatable bonds is 6. The molecule has 1 heterocycles. The van der Waals surface area contributed by atoms with E-state index in [1.165, 1.54) is 0 Å². The van der Waals surface area contributed by atoms with Crippen molar-refractivity contribution < 1.29 is 14.2 Å². The first kappa shape index (κ1) is 14.3. The van der Waals surface area contributed by atoms with Gasteiger partial charge in [0.25, 0.3) is 0 Å². The first-order valence-electron chi connectivity index (χ1n) is 6.01. The molecule has 7 heteroatoms. The summed E-state index contributed by atoms with van der Waals surface area (Å²) < 4.78 is 15.8. The van der Waals surface area contributed by atoms with E-state index < -0.39 is 0 Å². The molecule has 0 saturated carbocycles. The van der Waals surface area contributed by atoms with E-state index in [1.54, 1.807) is 7.11 Å². The van der Waals surface area contributed by atoms with Gasteiger partial charge in [0.1, 0.15) is 12.4 Å². The highest BCUT2D eigenvalue weighted by Crippen LogP contribution is 2.16. The molecule has 0 atom stereocenters. The summed E-state index contributed by atoms with van der Waals surface area (Å²) in [5.74, 6) is 0.759. The molecular formula is C13H14ClN3O3. The van der Waals surface area contributed by atoms with E-state index in [1.807, 2.05) is 31.2 Å². The fourth-order valence-corrected chi connectivity index (χ4v) is 1.63. The van der Waals surface area contributed by atoms with Crippen LogP contribution in [0.25, 0.3) is 0 Å². The maximum Gasteiger partial charge on any atom is 0.324 e. The van der Waals surface area contributed by atoms with Crippen molar-refractivity contribution in [2.24, 2.45) is 0 Å². The van der Waals surface area contributed by atoms with Crippen LogP contribution in [0.2, 0.25) is 5.28 Å². The second kappa shape index (κ2) is 6.91. The standard InChI is InChI=1S/C13H14ClN3O3/c1-3-19-12-15-11(14)16-13(17-12)20-8-9-5-4-6-10(7-9)18-2/h4-7H,3,8H2,1-2H3. The Morgan fingerprint density at radius 2 is 1.85 bits per heavy atom. The Morgan fingerprint density at radius 1 is 1.10 bits per heavy atom. The summed E-state index contributed by atoms with van der Waals surface area (Å²) in [4.78, 5) is 11.7. The number of benzene rings is 1. The lowest BCUT2D eigenvalue weighted by atomic mass is 10.2. The van der Waals surface area contributed by atoms with Gasteiger partial charge in [0.2, 0.25) is 5.28 Å². The molecule has 0 spiro atoms. The summed E-state index contributed by atoms with van der Waals surface area (Å²) in [6.45, 7) is 2.56. The molecule has 0 aliphatic rings. The molecule has 2 aromatic rings. The number of hydrogen-bond acceptors (Lipinski definition) is 6. The fourth-order valence-electron chi connectivity index (χ4n) is 1.48. The largest absolute Gasteiger partial charge is 0.497 e. The summed E-state index contributed by atoms with van der Waals surface area (Å²) >= 11 is 5.77. The SMILES string of the molecule is CCOc1nc(Cl)nc(OCc2cccc(OC)c2)n1. The highest BCUT2D eigenvalue weighted by molar-refractivity contribution is 6.28. The van der Waals surface area contributed by atoms with E-state index in [-0.39, 0.29) is 17.3 Å². The Labute approximate surface area is 121 Å². The zero-order chi connectivity index (χ0) is 14.4. The van der Waals surface area contributed by atoms with Crippen molar-refractivity contribution in [1.29, 1.82) is 0 Å². The van der Waals surface area contributed by atoms with Gasteiger partial charge in [-0.1, -0.05) is 12.1 Å². The molecule has 0 aliphatic carbocycles. The summed E-state index contributed by atoms with van der Waals surface area (Å²) in [6, 6.07) is 7.78. The maximum absolute atomic E-state index is 5.77. The zero-order valence-electron chi connectivity index (χ0n) is 11.2. The molecule has 0 unspecified atom stereocenters. The lowest BCUT2D eigenvalue weighted by Crippen LogP contribution is -2.04. The number of hydrogen-bond donors (Lipinski definition) is 0. The van der Waals surface area contributed by atoms with Crippen LogP contribution in [0.3, 0.4) is 0 Å². The average Bonchev–Trinajstić information content (AvgIpc) is 2.45. The number of nitrogens with zero attached hydrogens (tertiary/aromatic N) is 3. The Hall–Kier alpha value is -2.08. The molecular weight excluding hydrogens is 282 g/mol. The number of methoxy groups -OCH3 is 1. The number of aromatic nitrogens is 3. The van der Waals surface area contributed by atoms with Gasteiger partial charge in [0.05, 0.1) is 13.7 Å². The van der Waals surface area contributed by atoms with Crippen LogP contribution in [-0.4, -0.2) is 28.7 Å². The lowest BCUT2D eigenvalue weighted by Gasteiger charge is -2.07. The second-order valence-corrected chi connectivity index (χ2v) is 4.08. The molecule has 6 nitrogen and oxygen atoms in total. The minimum atomic E-state index is 0.0316. The quantitative estimate of drug-likeness (QED) is 0.816. The van der Waals surface area contributed by atoms with E-state index in [4.69, 9.17) is 25.8 Å². The van der Waals surface area contributed by atoms with E-state index >= 15 is 0 Å². The van der Waals surface area contributed by atoms with Gasteiger partial charge < -0.3 is 14.2 Å². The number of ether oxygens (including phenoxy) is 3. The predicted molar refractivity (Wildman–Crippen MR) is 73.3 cm³/mol. The Morgan fingerprint density at radius 3 is 2.55 bits per heavy atom. The monoisotopic (exact) mass is 295 g/mol. The summed E-state index contributed by atoms with van der Waals surface area (Å²) in [5.41, 5.74) is 0.929. The van der Waals surface area contributed by atoms with Gasteiger partial charge in [-0.05, 0) is 36.2 Å². The minimum Gasteiger partial charge on any atom is -0.497 e. The molecule has 0 radical (unpaired) electrons. The fraction of sp³-hybridized carbons (Fsp3) is 0.308. The lowest BCUT2D eigenvalue weighted by molar-refractivity contribution is 0.260.